The lowest BCUT2D eigenvalue weighted by Crippen LogP contribution is -2.59. The molecule has 1 rings (SSSR count). The fraction of sp³-hybridized carbons (Fsp3) is 0.875. The molecule has 0 aromatic heterocycles. The fourth-order valence-electron chi connectivity index (χ4n) is 1.32. The van der Waals surface area contributed by atoms with Crippen LogP contribution in [0.2, 0.25) is 0 Å². The molecule has 1 unspecified atom stereocenters. The summed E-state index contributed by atoms with van der Waals surface area (Å²) in [6.45, 7) is 3.45. The predicted octanol–water partition coefficient (Wildman–Crippen LogP) is 1.81. The van der Waals surface area contributed by atoms with E-state index < -0.39 is 18.1 Å². The Balaban J connectivity index is 2.60. The number of alkyl halides is 3. The van der Waals surface area contributed by atoms with Gasteiger partial charge in [0.05, 0.1) is 0 Å². The summed E-state index contributed by atoms with van der Waals surface area (Å²) in [5.74, 6) is -0.765. The van der Waals surface area contributed by atoms with Crippen LogP contribution in [0.4, 0.5) is 13.2 Å². The van der Waals surface area contributed by atoms with Crippen molar-refractivity contribution in [2.24, 2.45) is 5.92 Å². The zero-order valence-electron chi connectivity index (χ0n) is 7.56. The number of likely N-dealkylation sites (tertiary alicyclic amines) is 1. The highest BCUT2D eigenvalue weighted by atomic mass is 19.4. The van der Waals surface area contributed by atoms with E-state index in [0.29, 0.717) is 0 Å². The largest absolute Gasteiger partial charge is 0.408 e. The van der Waals surface area contributed by atoms with E-state index in [9.17, 15) is 18.0 Å². The highest BCUT2D eigenvalue weighted by molar-refractivity contribution is 5.79. The third-order valence-corrected chi connectivity index (χ3v) is 2.17. The van der Waals surface area contributed by atoms with Crippen molar-refractivity contribution in [3.63, 3.8) is 0 Å². The first-order chi connectivity index (χ1) is 5.84. The van der Waals surface area contributed by atoms with Gasteiger partial charge in [0.2, 0.25) is 5.91 Å². The second-order valence-electron chi connectivity index (χ2n) is 3.53. The molecule has 76 valence electrons. The van der Waals surface area contributed by atoms with E-state index in [2.05, 4.69) is 0 Å². The predicted molar refractivity (Wildman–Crippen MR) is 41.0 cm³/mol. The number of carbonyl (C=O) groups excluding carboxylic acids is 1. The summed E-state index contributed by atoms with van der Waals surface area (Å²) in [7, 11) is 0. The molecule has 1 aliphatic heterocycles. The van der Waals surface area contributed by atoms with Gasteiger partial charge in [0.25, 0.3) is 0 Å². The quantitative estimate of drug-likeness (QED) is 0.624. The van der Waals surface area contributed by atoms with Crippen molar-refractivity contribution in [2.45, 2.75) is 32.5 Å². The lowest BCUT2D eigenvalue weighted by molar-refractivity contribution is -0.213. The van der Waals surface area contributed by atoms with E-state index in [1.54, 1.807) is 13.8 Å². The Bertz CT molecular complexity index is 212. The average molecular weight is 195 g/mol. The van der Waals surface area contributed by atoms with Crippen LogP contribution in [-0.4, -0.2) is 29.6 Å². The Morgan fingerprint density at radius 1 is 1.46 bits per heavy atom. The van der Waals surface area contributed by atoms with Crippen LogP contribution in [0.3, 0.4) is 0 Å². The fourth-order valence-corrected chi connectivity index (χ4v) is 1.32. The molecule has 0 radical (unpaired) electrons. The number of nitrogens with zero attached hydrogens (tertiary/aromatic N) is 1. The molecule has 1 amide bonds. The molecule has 2 nitrogen and oxygen atoms in total. The van der Waals surface area contributed by atoms with E-state index in [0.717, 1.165) is 4.90 Å². The number of rotatable bonds is 1. The molecule has 1 saturated heterocycles. The van der Waals surface area contributed by atoms with Gasteiger partial charge < -0.3 is 4.90 Å². The standard InChI is InChI=1S/C8H12F3NO/c1-5(2)7(13)12-4-3-6(12)8(9,10)11/h5-6H,3-4H2,1-2H3. The third-order valence-electron chi connectivity index (χ3n) is 2.17. The van der Waals surface area contributed by atoms with Gasteiger partial charge in [0, 0.05) is 12.5 Å². The SMILES string of the molecule is CC(C)C(=O)N1CCC1C(F)(F)F. The maximum atomic E-state index is 12.2. The Morgan fingerprint density at radius 2 is 2.00 bits per heavy atom. The molecule has 0 aliphatic carbocycles. The molecular formula is C8H12F3NO. The minimum absolute atomic E-state index is 0.0436. The first-order valence-corrected chi connectivity index (χ1v) is 4.21. The van der Waals surface area contributed by atoms with E-state index in [1.807, 2.05) is 0 Å². The molecular weight excluding hydrogens is 183 g/mol. The normalized spacial score (nSPS) is 23.2. The van der Waals surface area contributed by atoms with Gasteiger partial charge in [0.1, 0.15) is 6.04 Å². The van der Waals surface area contributed by atoms with Crippen molar-refractivity contribution in [1.82, 2.24) is 4.90 Å². The van der Waals surface area contributed by atoms with Crippen molar-refractivity contribution in [1.29, 1.82) is 0 Å². The summed E-state index contributed by atoms with van der Waals surface area (Å²) in [5, 5.41) is 0. The van der Waals surface area contributed by atoms with Crippen LogP contribution in [0.15, 0.2) is 0 Å². The topological polar surface area (TPSA) is 20.3 Å². The molecule has 1 atom stereocenters. The molecule has 0 saturated carbocycles. The van der Waals surface area contributed by atoms with Gasteiger partial charge in [-0.15, -0.1) is 0 Å². The van der Waals surface area contributed by atoms with Gasteiger partial charge in [-0.25, -0.2) is 0 Å². The highest BCUT2D eigenvalue weighted by Gasteiger charge is 2.50. The highest BCUT2D eigenvalue weighted by Crippen LogP contribution is 2.34. The number of hydrogen-bond acceptors (Lipinski definition) is 1. The Morgan fingerprint density at radius 3 is 2.23 bits per heavy atom. The van der Waals surface area contributed by atoms with Gasteiger partial charge in [-0.1, -0.05) is 13.8 Å². The molecule has 0 aromatic carbocycles. The Hall–Kier alpha value is -0.740. The molecule has 0 aromatic rings. The minimum atomic E-state index is -4.26. The van der Waals surface area contributed by atoms with Crippen molar-refractivity contribution in [3.8, 4) is 0 Å². The van der Waals surface area contributed by atoms with Crippen LogP contribution in [0.1, 0.15) is 20.3 Å². The molecule has 0 spiro atoms. The molecule has 1 heterocycles. The molecule has 1 aliphatic rings. The van der Waals surface area contributed by atoms with E-state index in [-0.39, 0.29) is 18.9 Å². The summed E-state index contributed by atoms with van der Waals surface area (Å²) in [4.78, 5) is 12.1. The first kappa shape index (κ1) is 10.3. The van der Waals surface area contributed by atoms with Crippen molar-refractivity contribution in [3.05, 3.63) is 0 Å². The average Bonchev–Trinajstić information content (AvgIpc) is 1.79. The van der Waals surface area contributed by atoms with E-state index >= 15 is 0 Å². The molecule has 0 N–H and O–H groups in total. The van der Waals surface area contributed by atoms with Gasteiger partial charge in [-0.3, -0.25) is 4.79 Å². The maximum Gasteiger partial charge on any atom is 0.408 e. The number of halogens is 3. The first-order valence-electron chi connectivity index (χ1n) is 4.21. The Labute approximate surface area is 74.7 Å². The van der Waals surface area contributed by atoms with Gasteiger partial charge >= 0.3 is 6.18 Å². The smallest absolute Gasteiger partial charge is 0.330 e. The van der Waals surface area contributed by atoms with Crippen LogP contribution in [0.25, 0.3) is 0 Å². The van der Waals surface area contributed by atoms with E-state index in [4.69, 9.17) is 0 Å². The van der Waals surface area contributed by atoms with Crippen LogP contribution in [0.5, 0.6) is 0 Å². The maximum absolute atomic E-state index is 12.2. The third kappa shape index (κ3) is 1.95. The molecule has 0 bridgehead atoms. The van der Waals surface area contributed by atoms with Crippen LogP contribution in [-0.2, 0) is 4.79 Å². The lowest BCUT2D eigenvalue weighted by Gasteiger charge is -2.42. The number of hydrogen-bond donors (Lipinski definition) is 0. The lowest BCUT2D eigenvalue weighted by atomic mass is 10.00. The summed E-state index contributed by atoms with van der Waals surface area (Å²) < 4.78 is 36.5. The number of carbonyl (C=O) groups is 1. The van der Waals surface area contributed by atoms with Crippen molar-refractivity contribution < 1.29 is 18.0 Å². The van der Waals surface area contributed by atoms with Crippen LogP contribution >= 0.6 is 0 Å². The van der Waals surface area contributed by atoms with Gasteiger partial charge in [0.15, 0.2) is 0 Å². The van der Waals surface area contributed by atoms with Gasteiger partial charge in [-0.05, 0) is 6.42 Å². The van der Waals surface area contributed by atoms with Crippen molar-refractivity contribution in [2.75, 3.05) is 6.54 Å². The Kier molecular flexibility index (Phi) is 2.54. The molecule has 1 fully saturated rings. The summed E-state index contributed by atoms with van der Waals surface area (Å²) >= 11 is 0. The summed E-state index contributed by atoms with van der Waals surface area (Å²) in [6.07, 6.45) is -4.22. The number of amides is 1. The minimum Gasteiger partial charge on any atom is -0.330 e. The van der Waals surface area contributed by atoms with Crippen LogP contribution < -0.4 is 0 Å². The zero-order valence-corrected chi connectivity index (χ0v) is 7.56. The van der Waals surface area contributed by atoms with Crippen molar-refractivity contribution >= 4 is 5.91 Å². The van der Waals surface area contributed by atoms with E-state index in [1.165, 1.54) is 0 Å². The van der Waals surface area contributed by atoms with Crippen LogP contribution in [0, 0.1) is 5.92 Å². The monoisotopic (exact) mass is 195 g/mol. The summed E-state index contributed by atoms with van der Waals surface area (Å²) in [6, 6.07) is -1.54. The second-order valence-corrected chi connectivity index (χ2v) is 3.53. The zero-order chi connectivity index (χ0) is 10.2. The van der Waals surface area contributed by atoms with Gasteiger partial charge in [-0.2, -0.15) is 13.2 Å². The summed E-state index contributed by atoms with van der Waals surface area (Å²) in [5.41, 5.74) is 0. The molecule has 13 heavy (non-hydrogen) atoms. The molecule has 5 heteroatoms. The second kappa shape index (κ2) is 3.20.